The molecule has 0 radical (unpaired) electrons. The lowest BCUT2D eigenvalue weighted by Crippen LogP contribution is -2.46. The van der Waals surface area contributed by atoms with Crippen LogP contribution in [-0.2, 0) is 16.3 Å². The molecule has 0 saturated carbocycles. The van der Waals surface area contributed by atoms with E-state index in [1.54, 1.807) is 36.4 Å². The number of sulfone groups is 1. The number of nitrogens with zero attached hydrogens (tertiary/aromatic N) is 1. The second kappa shape index (κ2) is 10.8. The van der Waals surface area contributed by atoms with Gasteiger partial charge in [-0.15, -0.1) is 0 Å². The lowest BCUT2D eigenvalue weighted by molar-refractivity contribution is 0.569. The molecule has 0 aliphatic carbocycles. The molecule has 2 rings (SSSR count). The van der Waals surface area contributed by atoms with E-state index >= 15 is 0 Å². The van der Waals surface area contributed by atoms with Gasteiger partial charge in [-0.05, 0) is 49.6 Å². The van der Waals surface area contributed by atoms with Gasteiger partial charge in [0.05, 0.1) is 10.6 Å². The highest BCUT2D eigenvalue weighted by atomic mass is 32.2. The van der Waals surface area contributed by atoms with Gasteiger partial charge >= 0.3 is 0 Å². The van der Waals surface area contributed by atoms with Crippen LogP contribution in [0, 0.1) is 5.82 Å². The molecule has 0 aliphatic rings. The van der Waals surface area contributed by atoms with Crippen molar-refractivity contribution >= 4 is 15.8 Å². The summed E-state index contributed by atoms with van der Waals surface area (Å²) in [4.78, 5) is 4.83. The Labute approximate surface area is 167 Å². The highest BCUT2D eigenvalue weighted by Gasteiger charge is 2.20. The van der Waals surface area contributed by atoms with Crippen LogP contribution in [-0.4, -0.2) is 39.3 Å². The molecule has 0 heterocycles. The smallest absolute Gasteiger partial charge is 0.191 e. The zero-order valence-corrected chi connectivity index (χ0v) is 17.2. The molecule has 2 aromatic carbocycles. The Kier molecular flexibility index (Phi) is 8.44. The maximum atomic E-state index is 13.3. The summed E-state index contributed by atoms with van der Waals surface area (Å²) < 4.78 is 38.5. The average molecular weight is 406 g/mol. The predicted molar refractivity (Wildman–Crippen MR) is 112 cm³/mol. The Balaban J connectivity index is 2.01. The van der Waals surface area contributed by atoms with Crippen molar-refractivity contribution < 1.29 is 12.8 Å². The lowest BCUT2D eigenvalue weighted by atomic mass is 10.1. The first-order valence-electron chi connectivity index (χ1n) is 9.51. The van der Waals surface area contributed by atoms with Crippen LogP contribution >= 0.6 is 0 Å². The summed E-state index contributed by atoms with van der Waals surface area (Å²) in [6.07, 6.45) is 1.24. The SMILES string of the molecule is CCNC(=NCCc1cccc(F)c1)NC(CC)CS(=O)(=O)c1ccccc1. The maximum Gasteiger partial charge on any atom is 0.191 e. The molecular formula is C21H28FN3O2S. The molecule has 7 heteroatoms. The maximum absolute atomic E-state index is 13.3. The van der Waals surface area contributed by atoms with E-state index in [-0.39, 0.29) is 17.6 Å². The van der Waals surface area contributed by atoms with Crippen LogP contribution in [0.4, 0.5) is 4.39 Å². The van der Waals surface area contributed by atoms with Crippen LogP contribution in [0.25, 0.3) is 0 Å². The molecule has 1 atom stereocenters. The van der Waals surface area contributed by atoms with Gasteiger partial charge in [0.25, 0.3) is 0 Å². The van der Waals surface area contributed by atoms with Crippen molar-refractivity contribution in [1.29, 1.82) is 0 Å². The number of benzene rings is 2. The molecule has 1 unspecified atom stereocenters. The minimum atomic E-state index is -3.39. The fourth-order valence-corrected chi connectivity index (χ4v) is 4.37. The van der Waals surface area contributed by atoms with Crippen molar-refractivity contribution in [2.75, 3.05) is 18.8 Å². The van der Waals surface area contributed by atoms with Crippen LogP contribution in [0.1, 0.15) is 25.8 Å². The van der Waals surface area contributed by atoms with Crippen LogP contribution < -0.4 is 10.6 Å². The second-order valence-electron chi connectivity index (χ2n) is 6.48. The summed E-state index contributed by atoms with van der Waals surface area (Å²) in [6.45, 7) is 5.02. The van der Waals surface area contributed by atoms with Crippen molar-refractivity contribution in [3.05, 3.63) is 66.0 Å². The number of hydrogen-bond acceptors (Lipinski definition) is 3. The number of nitrogens with one attached hydrogen (secondary N) is 2. The summed E-state index contributed by atoms with van der Waals surface area (Å²) in [5.74, 6) is 0.291. The number of guanidine groups is 1. The molecule has 28 heavy (non-hydrogen) atoms. The van der Waals surface area contributed by atoms with Gasteiger partial charge < -0.3 is 10.6 Å². The summed E-state index contributed by atoms with van der Waals surface area (Å²) in [5, 5.41) is 6.35. The molecule has 0 fully saturated rings. The fourth-order valence-electron chi connectivity index (χ4n) is 2.75. The van der Waals surface area contributed by atoms with E-state index in [1.165, 1.54) is 12.1 Å². The summed E-state index contributed by atoms with van der Waals surface area (Å²) >= 11 is 0. The van der Waals surface area contributed by atoms with E-state index < -0.39 is 9.84 Å². The normalized spacial score (nSPS) is 13.2. The Morgan fingerprint density at radius 2 is 1.86 bits per heavy atom. The predicted octanol–water partition coefficient (Wildman–Crippen LogP) is 3.18. The third-order valence-corrected chi connectivity index (χ3v) is 6.09. The molecule has 0 aliphatic heterocycles. The molecule has 0 aromatic heterocycles. The first-order chi connectivity index (χ1) is 13.4. The summed E-state index contributed by atoms with van der Waals surface area (Å²) in [6, 6.07) is 14.6. The molecule has 0 amide bonds. The Morgan fingerprint density at radius 1 is 1.11 bits per heavy atom. The third-order valence-electron chi connectivity index (χ3n) is 4.26. The first kappa shape index (κ1) is 21.9. The molecule has 5 nitrogen and oxygen atoms in total. The fraction of sp³-hybridized carbons (Fsp3) is 0.381. The van der Waals surface area contributed by atoms with Crippen LogP contribution in [0.2, 0.25) is 0 Å². The Bertz CT molecular complexity index is 870. The molecule has 0 bridgehead atoms. The largest absolute Gasteiger partial charge is 0.357 e. The summed E-state index contributed by atoms with van der Waals surface area (Å²) in [5.41, 5.74) is 0.873. The van der Waals surface area contributed by atoms with Gasteiger partial charge in [-0.1, -0.05) is 37.3 Å². The average Bonchev–Trinajstić information content (AvgIpc) is 2.68. The molecule has 2 aromatic rings. The van der Waals surface area contributed by atoms with Gasteiger partial charge in [0.15, 0.2) is 15.8 Å². The monoisotopic (exact) mass is 405 g/mol. The Hall–Kier alpha value is -2.41. The van der Waals surface area contributed by atoms with Crippen molar-refractivity contribution in [3.63, 3.8) is 0 Å². The van der Waals surface area contributed by atoms with Gasteiger partial charge in [-0.25, -0.2) is 12.8 Å². The molecule has 0 saturated heterocycles. The number of rotatable bonds is 9. The van der Waals surface area contributed by atoms with Crippen molar-refractivity contribution in [1.82, 2.24) is 10.6 Å². The minimum Gasteiger partial charge on any atom is -0.357 e. The van der Waals surface area contributed by atoms with Crippen LogP contribution in [0.15, 0.2) is 64.5 Å². The number of aliphatic imine (C=N–C) groups is 1. The van der Waals surface area contributed by atoms with Gasteiger partial charge in [0.2, 0.25) is 0 Å². The number of halogens is 1. The highest BCUT2D eigenvalue weighted by molar-refractivity contribution is 7.91. The van der Waals surface area contributed by atoms with Crippen LogP contribution in [0.5, 0.6) is 0 Å². The summed E-state index contributed by atoms with van der Waals surface area (Å²) in [7, 11) is -3.39. The first-order valence-corrected chi connectivity index (χ1v) is 11.2. The minimum absolute atomic E-state index is 0.0121. The topological polar surface area (TPSA) is 70.6 Å². The standard InChI is InChI=1S/C21H28FN3O2S/c1-3-19(16-28(26,27)20-11-6-5-7-12-20)25-21(23-4-2)24-14-13-17-9-8-10-18(22)15-17/h5-12,15,19H,3-4,13-14,16H2,1-2H3,(H2,23,24,25). The van der Waals surface area contributed by atoms with Gasteiger partial charge in [0, 0.05) is 19.1 Å². The highest BCUT2D eigenvalue weighted by Crippen LogP contribution is 2.12. The van der Waals surface area contributed by atoms with Gasteiger partial charge in [-0.3, -0.25) is 4.99 Å². The van der Waals surface area contributed by atoms with Crippen LogP contribution in [0.3, 0.4) is 0 Å². The molecule has 152 valence electrons. The zero-order valence-electron chi connectivity index (χ0n) is 16.4. The van der Waals surface area contributed by atoms with Gasteiger partial charge in [-0.2, -0.15) is 0 Å². The Morgan fingerprint density at radius 3 is 2.50 bits per heavy atom. The van der Waals surface area contributed by atoms with E-state index in [9.17, 15) is 12.8 Å². The third kappa shape index (κ3) is 6.96. The zero-order chi connectivity index (χ0) is 20.4. The second-order valence-corrected chi connectivity index (χ2v) is 8.52. The molecule has 0 spiro atoms. The van der Waals surface area contributed by atoms with E-state index in [2.05, 4.69) is 15.6 Å². The van der Waals surface area contributed by atoms with E-state index in [0.717, 1.165) is 5.56 Å². The van der Waals surface area contributed by atoms with Gasteiger partial charge in [0.1, 0.15) is 5.82 Å². The quantitative estimate of drug-likeness (QED) is 0.497. The van der Waals surface area contributed by atoms with E-state index in [1.807, 2.05) is 19.9 Å². The molecular weight excluding hydrogens is 377 g/mol. The van der Waals surface area contributed by atoms with E-state index in [0.29, 0.717) is 36.8 Å². The van der Waals surface area contributed by atoms with E-state index in [4.69, 9.17) is 0 Å². The number of hydrogen-bond donors (Lipinski definition) is 2. The van der Waals surface area contributed by atoms with Crippen molar-refractivity contribution in [2.24, 2.45) is 4.99 Å². The lowest BCUT2D eigenvalue weighted by Gasteiger charge is -2.20. The van der Waals surface area contributed by atoms with Crippen molar-refractivity contribution in [2.45, 2.75) is 37.6 Å². The molecule has 2 N–H and O–H groups in total. The van der Waals surface area contributed by atoms with Crippen molar-refractivity contribution in [3.8, 4) is 0 Å².